The smallest absolute Gasteiger partial charge is 0.338 e. The lowest BCUT2D eigenvalue weighted by Gasteiger charge is -2.22. The van der Waals surface area contributed by atoms with Crippen molar-refractivity contribution < 1.29 is 22.7 Å². The molecule has 0 atom stereocenters. The monoisotopic (exact) mass is 491 g/mol. The molecule has 1 aliphatic carbocycles. The first kappa shape index (κ1) is 24.7. The number of anilines is 1. The van der Waals surface area contributed by atoms with Crippen LogP contribution in [0.3, 0.4) is 0 Å². The molecule has 1 fully saturated rings. The lowest BCUT2D eigenvalue weighted by Crippen LogP contribution is -2.26. The van der Waals surface area contributed by atoms with Gasteiger partial charge < -0.3 is 4.74 Å². The molecule has 1 aliphatic rings. The van der Waals surface area contributed by atoms with E-state index in [1.807, 2.05) is 18.2 Å². The number of rotatable bonds is 8. The third-order valence-corrected chi connectivity index (χ3v) is 8.31. The number of sulfonamides is 1. The molecule has 0 saturated heterocycles. The maximum Gasteiger partial charge on any atom is 0.338 e. The van der Waals surface area contributed by atoms with E-state index in [-0.39, 0.29) is 22.8 Å². The highest BCUT2D eigenvalue weighted by atomic mass is 32.2. The molecule has 6 nitrogen and oxygen atoms in total. The van der Waals surface area contributed by atoms with Gasteiger partial charge in [0.25, 0.3) is 10.0 Å². The minimum absolute atomic E-state index is 0.0505. The average Bonchev–Trinajstić information content (AvgIpc) is 2.92. The van der Waals surface area contributed by atoms with Crippen molar-refractivity contribution in [2.45, 2.75) is 42.9 Å². The fourth-order valence-corrected chi connectivity index (χ4v) is 5.57. The number of carbonyl (C=O) groups is 2. The Kier molecular flexibility index (Phi) is 7.66. The molecule has 1 saturated carbocycles. The number of carbonyl (C=O) groups excluding carboxylic acids is 2. The molecule has 182 valence electrons. The molecule has 0 unspecified atom stereocenters. The first-order valence-electron chi connectivity index (χ1n) is 11.8. The molecule has 3 aromatic rings. The zero-order valence-corrected chi connectivity index (χ0v) is 20.5. The van der Waals surface area contributed by atoms with E-state index in [1.165, 1.54) is 73.3 Å². The molecule has 0 aliphatic heterocycles. The Morgan fingerprint density at radius 1 is 0.829 bits per heavy atom. The van der Waals surface area contributed by atoms with Crippen LogP contribution in [0.4, 0.5) is 5.69 Å². The Morgan fingerprint density at radius 2 is 1.43 bits per heavy atom. The number of esters is 1. The summed E-state index contributed by atoms with van der Waals surface area (Å²) >= 11 is 0. The van der Waals surface area contributed by atoms with Crippen molar-refractivity contribution in [1.29, 1.82) is 0 Å². The summed E-state index contributed by atoms with van der Waals surface area (Å²) in [6.45, 7) is -0.377. The first-order valence-corrected chi connectivity index (χ1v) is 13.2. The van der Waals surface area contributed by atoms with Crippen molar-refractivity contribution in [3.05, 3.63) is 95.6 Å². The van der Waals surface area contributed by atoms with E-state index in [2.05, 4.69) is 0 Å². The van der Waals surface area contributed by atoms with E-state index in [0.717, 1.165) is 0 Å². The highest BCUT2D eigenvalue weighted by molar-refractivity contribution is 7.92. The second-order valence-electron chi connectivity index (χ2n) is 8.79. The van der Waals surface area contributed by atoms with Gasteiger partial charge in [-0.2, -0.15) is 0 Å². The molecule has 0 heterocycles. The summed E-state index contributed by atoms with van der Waals surface area (Å²) in [5.41, 5.74) is 2.46. The molecule has 35 heavy (non-hydrogen) atoms. The van der Waals surface area contributed by atoms with Gasteiger partial charge in [0.1, 0.15) is 0 Å². The minimum atomic E-state index is -3.78. The average molecular weight is 492 g/mol. The van der Waals surface area contributed by atoms with Gasteiger partial charge >= 0.3 is 5.97 Å². The maximum absolute atomic E-state index is 12.9. The summed E-state index contributed by atoms with van der Waals surface area (Å²) in [7, 11) is -2.31. The molecule has 0 N–H and O–H groups in total. The van der Waals surface area contributed by atoms with Crippen LogP contribution >= 0.6 is 0 Å². The normalized spacial score (nSPS) is 14.3. The van der Waals surface area contributed by atoms with Crippen molar-refractivity contribution in [1.82, 2.24) is 0 Å². The highest BCUT2D eigenvalue weighted by Crippen LogP contribution is 2.32. The van der Waals surface area contributed by atoms with E-state index in [0.29, 0.717) is 17.2 Å². The van der Waals surface area contributed by atoms with E-state index >= 15 is 0 Å². The number of ether oxygens (including phenoxy) is 1. The summed E-state index contributed by atoms with van der Waals surface area (Å²) < 4.78 is 32.1. The van der Waals surface area contributed by atoms with Gasteiger partial charge in [0.2, 0.25) is 0 Å². The van der Waals surface area contributed by atoms with Crippen LogP contribution in [0, 0.1) is 0 Å². The van der Waals surface area contributed by atoms with E-state index in [1.54, 1.807) is 36.4 Å². The highest BCUT2D eigenvalue weighted by Gasteiger charge is 2.22. The van der Waals surface area contributed by atoms with Gasteiger partial charge in [-0.15, -0.1) is 0 Å². The van der Waals surface area contributed by atoms with Crippen LogP contribution in [-0.2, 0) is 14.8 Å². The van der Waals surface area contributed by atoms with Crippen LogP contribution in [0.5, 0.6) is 0 Å². The minimum Gasteiger partial charge on any atom is -0.454 e. The van der Waals surface area contributed by atoms with Gasteiger partial charge in [-0.1, -0.05) is 61.7 Å². The number of nitrogens with zero attached hydrogens (tertiary/aromatic N) is 1. The van der Waals surface area contributed by atoms with Crippen LogP contribution in [-0.4, -0.2) is 33.8 Å². The van der Waals surface area contributed by atoms with Crippen LogP contribution in [0.1, 0.15) is 64.3 Å². The SMILES string of the molecule is CN(c1ccccc1)S(=O)(=O)c1ccc(C(=O)OCC(=O)c2ccc(C3CCCCC3)cc2)cc1. The Labute approximate surface area is 206 Å². The summed E-state index contributed by atoms with van der Waals surface area (Å²) in [6.07, 6.45) is 6.17. The van der Waals surface area contributed by atoms with Gasteiger partial charge in [0.15, 0.2) is 12.4 Å². The van der Waals surface area contributed by atoms with Crippen molar-refractivity contribution in [3.63, 3.8) is 0 Å². The quantitative estimate of drug-likeness (QED) is 0.303. The number of para-hydroxylation sites is 1. The van der Waals surface area contributed by atoms with Crippen molar-refractivity contribution >= 4 is 27.5 Å². The standard InChI is InChI=1S/C28H29NO5S/c1-29(25-10-6-3-7-11-25)35(32,33)26-18-16-24(17-19-26)28(31)34-20-27(30)23-14-12-22(13-15-23)21-8-4-2-5-9-21/h3,6-7,10-19,21H,2,4-5,8-9,20H2,1H3. The van der Waals surface area contributed by atoms with Crippen LogP contribution in [0.15, 0.2) is 83.8 Å². The van der Waals surface area contributed by atoms with E-state index in [9.17, 15) is 18.0 Å². The summed E-state index contributed by atoms with van der Waals surface area (Å²) in [5.74, 6) is -0.403. The van der Waals surface area contributed by atoms with Crippen LogP contribution < -0.4 is 4.31 Å². The Hall–Kier alpha value is -3.45. The predicted octanol–water partition coefficient (Wildman–Crippen LogP) is 5.60. The topological polar surface area (TPSA) is 80.8 Å². The third kappa shape index (κ3) is 5.80. The molecule has 3 aromatic carbocycles. The Morgan fingerprint density at radius 3 is 2.06 bits per heavy atom. The molecule has 0 bridgehead atoms. The van der Waals surface area contributed by atoms with E-state index < -0.39 is 16.0 Å². The molecular weight excluding hydrogens is 462 g/mol. The second-order valence-corrected chi connectivity index (χ2v) is 10.8. The molecule has 0 amide bonds. The van der Waals surface area contributed by atoms with Gasteiger partial charge in [-0.25, -0.2) is 13.2 Å². The number of benzene rings is 3. The maximum atomic E-state index is 12.9. The zero-order valence-electron chi connectivity index (χ0n) is 19.7. The van der Waals surface area contributed by atoms with Crippen LogP contribution in [0.25, 0.3) is 0 Å². The molecular formula is C28H29NO5S. The lowest BCUT2D eigenvalue weighted by atomic mass is 9.84. The Bertz CT molecular complexity index is 1260. The number of Topliss-reactive ketones (excluding diaryl/α,β-unsaturated/α-hetero) is 1. The Balaban J connectivity index is 1.35. The summed E-state index contributed by atoms with van der Waals surface area (Å²) in [6, 6.07) is 21.8. The summed E-state index contributed by atoms with van der Waals surface area (Å²) in [4.78, 5) is 25.0. The van der Waals surface area contributed by atoms with Crippen molar-refractivity contribution in [3.8, 4) is 0 Å². The van der Waals surface area contributed by atoms with Crippen LogP contribution in [0.2, 0.25) is 0 Å². The second kappa shape index (κ2) is 10.9. The molecule has 0 spiro atoms. The number of ketones is 1. The molecule has 4 rings (SSSR count). The molecule has 0 aromatic heterocycles. The fourth-order valence-electron chi connectivity index (χ4n) is 4.37. The lowest BCUT2D eigenvalue weighted by molar-refractivity contribution is 0.0474. The van der Waals surface area contributed by atoms with Crippen molar-refractivity contribution in [2.24, 2.45) is 0 Å². The van der Waals surface area contributed by atoms with Gasteiger partial charge in [0.05, 0.1) is 16.1 Å². The van der Waals surface area contributed by atoms with Crippen molar-refractivity contribution in [2.75, 3.05) is 18.0 Å². The third-order valence-electron chi connectivity index (χ3n) is 6.51. The first-order chi connectivity index (χ1) is 16.9. The van der Waals surface area contributed by atoms with Gasteiger partial charge in [-0.3, -0.25) is 9.10 Å². The number of hydrogen-bond donors (Lipinski definition) is 0. The van der Waals surface area contributed by atoms with Gasteiger partial charge in [0, 0.05) is 12.6 Å². The zero-order chi connectivity index (χ0) is 24.8. The van der Waals surface area contributed by atoms with E-state index in [4.69, 9.17) is 4.74 Å². The number of hydrogen-bond acceptors (Lipinski definition) is 5. The fraction of sp³-hybridized carbons (Fsp3) is 0.286. The molecule has 0 radical (unpaired) electrons. The van der Waals surface area contributed by atoms with Gasteiger partial charge in [-0.05, 0) is 60.7 Å². The summed E-state index contributed by atoms with van der Waals surface area (Å²) in [5, 5.41) is 0. The largest absolute Gasteiger partial charge is 0.454 e. The molecule has 7 heteroatoms. The predicted molar refractivity (Wildman–Crippen MR) is 135 cm³/mol.